The van der Waals surface area contributed by atoms with Gasteiger partial charge in [0.1, 0.15) is 0 Å². The molecule has 2 N–H and O–H groups in total. The number of nitrogens with one attached hydrogen (secondary N) is 2. The summed E-state index contributed by atoms with van der Waals surface area (Å²) in [7, 11) is -3.82. The number of sulfonamides is 1. The van der Waals surface area contributed by atoms with Crippen LogP contribution in [-0.2, 0) is 16.2 Å². The Morgan fingerprint density at radius 1 is 1.06 bits per heavy atom. The van der Waals surface area contributed by atoms with Crippen molar-refractivity contribution >= 4 is 21.5 Å². The summed E-state index contributed by atoms with van der Waals surface area (Å²) in [6, 6.07) is 3.40. The summed E-state index contributed by atoms with van der Waals surface area (Å²) in [6.45, 7) is 5.18. The van der Waals surface area contributed by atoms with Crippen LogP contribution < -0.4 is 10.0 Å². The fourth-order valence-corrected chi connectivity index (χ4v) is 6.70. The van der Waals surface area contributed by atoms with E-state index in [9.17, 15) is 21.6 Å². The SMILES string of the molecule is CCN1CCC[C@@H](Nc2nnc(-c3ccc(C(F)(F)F)cc3NS(C)(=O)=O)c3c2C2CCC3CC2)C1. The molecule has 0 radical (unpaired) electrons. The zero-order chi connectivity index (χ0) is 25.7. The fourth-order valence-electron chi connectivity index (χ4n) is 6.13. The van der Waals surface area contributed by atoms with Crippen LogP contribution in [0.2, 0.25) is 0 Å². The number of benzene rings is 1. The van der Waals surface area contributed by atoms with Crippen molar-refractivity contribution in [3.05, 3.63) is 34.9 Å². The Balaban J connectivity index is 1.61. The number of aromatic nitrogens is 2. The van der Waals surface area contributed by atoms with E-state index in [1.807, 2.05) is 0 Å². The summed E-state index contributed by atoms with van der Waals surface area (Å²) in [5.74, 6) is 1.31. The van der Waals surface area contributed by atoms with E-state index in [0.29, 0.717) is 17.2 Å². The Labute approximate surface area is 209 Å². The van der Waals surface area contributed by atoms with Crippen molar-refractivity contribution in [2.75, 3.05) is 35.9 Å². The summed E-state index contributed by atoms with van der Waals surface area (Å²) in [4.78, 5) is 2.41. The highest BCUT2D eigenvalue weighted by molar-refractivity contribution is 7.92. The van der Waals surface area contributed by atoms with Crippen LogP contribution in [0.1, 0.15) is 74.0 Å². The first-order valence-electron chi connectivity index (χ1n) is 12.6. The number of rotatable bonds is 6. The molecule has 0 spiro atoms. The van der Waals surface area contributed by atoms with Gasteiger partial charge in [-0.25, -0.2) is 8.42 Å². The number of fused-ring (bicyclic) bond motifs is 2. The van der Waals surface area contributed by atoms with Crippen molar-refractivity contribution in [1.29, 1.82) is 0 Å². The molecule has 1 aliphatic heterocycles. The molecule has 7 nitrogen and oxygen atoms in total. The summed E-state index contributed by atoms with van der Waals surface area (Å²) in [6.07, 6.45) is 2.54. The van der Waals surface area contributed by atoms with E-state index in [-0.39, 0.29) is 17.6 Å². The molecule has 1 atom stereocenters. The van der Waals surface area contributed by atoms with Crippen LogP contribution in [0, 0.1) is 0 Å². The number of hydrogen-bond donors (Lipinski definition) is 2. The number of hydrogen-bond acceptors (Lipinski definition) is 6. The van der Waals surface area contributed by atoms with Gasteiger partial charge in [-0.05, 0) is 81.1 Å². The maximum atomic E-state index is 13.4. The van der Waals surface area contributed by atoms with E-state index in [1.54, 1.807) is 0 Å². The second kappa shape index (κ2) is 9.48. The Bertz CT molecular complexity index is 1240. The van der Waals surface area contributed by atoms with E-state index in [1.165, 1.54) is 6.07 Å². The molecule has 0 amide bonds. The largest absolute Gasteiger partial charge is 0.416 e. The van der Waals surface area contributed by atoms with Crippen molar-refractivity contribution in [3.63, 3.8) is 0 Å². The number of piperidine rings is 1. The van der Waals surface area contributed by atoms with Gasteiger partial charge in [-0.3, -0.25) is 4.72 Å². The first-order valence-corrected chi connectivity index (χ1v) is 14.5. The van der Waals surface area contributed by atoms with E-state index in [2.05, 4.69) is 32.1 Å². The monoisotopic (exact) mass is 523 g/mol. The van der Waals surface area contributed by atoms with Crippen molar-refractivity contribution < 1.29 is 21.6 Å². The molecule has 2 aromatic rings. The van der Waals surface area contributed by atoms with Gasteiger partial charge in [-0.2, -0.15) is 13.2 Å². The third-order valence-electron chi connectivity index (χ3n) is 7.79. The molecule has 4 aliphatic rings. The van der Waals surface area contributed by atoms with E-state index in [0.717, 1.165) is 93.5 Å². The predicted octanol–water partition coefficient (Wildman–Crippen LogP) is 5.18. The van der Waals surface area contributed by atoms with E-state index in [4.69, 9.17) is 0 Å². The van der Waals surface area contributed by atoms with Crippen LogP contribution in [-0.4, -0.2) is 55.4 Å². The predicted molar refractivity (Wildman–Crippen MR) is 134 cm³/mol. The lowest BCUT2D eigenvalue weighted by molar-refractivity contribution is -0.137. The summed E-state index contributed by atoms with van der Waals surface area (Å²) < 4.78 is 66.7. The molecule has 0 unspecified atom stereocenters. The number of anilines is 2. The molecule has 1 aromatic heterocycles. The van der Waals surface area contributed by atoms with Gasteiger partial charge in [0.25, 0.3) is 0 Å². The quantitative estimate of drug-likeness (QED) is 0.542. The first kappa shape index (κ1) is 25.3. The van der Waals surface area contributed by atoms with E-state index >= 15 is 0 Å². The average Bonchev–Trinajstić information content (AvgIpc) is 2.83. The van der Waals surface area contributed by atoms with Crippen LogP contribution in [0.3, 0.4) is 0 Å². The van der Waals surface area contributed by atoms with Crippen LogP contribution in [0.15, 0.2) is 18.2 Å². The van der Waals surface area contributed by atoms with Crippen molar-refractivity contribution in [2.24, 2.45) is 0 Å². The van der Waals surface area contributed by atoms with Gasteiger partial charge in [0.15, 0.2) is 5.82 Å². The average molecular weight is 524 g/mol. The zero-order valence-electron chi connectivity index (χ0n) is 20.5. The highest BCUT2D eigenvalue weighted by Crippen LogP contribution is 2.54. The maximum Gasteiger partial charge on any atom is 0.416 e. The third-order valence-corrected chi connectivity index (χ3v) is 8.38. The molecule has 2 heterocycles. The van der Waals surface area contributed by atoms with Gasteiger partial charge in [0, 0.05) is 23.7 Å². The molecule has 11 heteroatoms. The van der Waals surface area contributed by atoms with Gasteiger partial charge >= 0.3 is 6.18 Å². The van der Waals surface area contributed by atoms with Crippen LogP contribution in [0.4, 0.5) is 24.7 Å². The van der Waals surface area contributed by atoms with Gasteiger partial charge in [-0.15, -0.1) is 10.2 Å². The molecule has 36 heavy (non-hydrogen) atoms. The zero-order valence-corrected chi connectivity index (χ0v) is 21.3. The molecule has 2 bridgehead atoms. The Kier molecular flexibility index (Phi) is 6.65. The second-order valence-electron chi connectivity index (χ2n) is 10.3. The highest BCUT2D eigenvalue weighted by Gasteiger charge is 2.39. The standard InChI is InChI=1S/C25H32F3N5O2S/c1-3-33-12-4-5-18(14-33)29-24-22-16-8-6-15(7-9-16)21(22)23(30-31-24)19-11-10-17(25(26,27)28)13-20(19)32-36(2,34)35/h10-11,13,15-16,18,32H,3-9,12,14H2,1-2H3,(H,29,31)/t15?,16?,18-/m1/s1. The van der Waals surface area contributed by atoms with Crippen molar-refractivity contribution in [2.45, 2.75) is 69.5 Å². The third kappa shape index (κ3) is 5.04. The molecular weight excluding hydrogens is 491 g/mol. The van der Waals surface area contributed by atoms with Crippen LogP contribution in [0.5, 0.6) is 0 Å². The lowest BCUT2D eigenvalue weighted by Gasteiger charge is -2.41. The molecule has 1 saturated heterocycles. The molecule has 6 rings (SSSR count). The van der Waals surface area contributed by atoms with Crippen LogP contribution in [0.25, 0.3) is 11.3 Å². The van der Waals surface area contributed by atoms with Gasteiger partial charge in [0.2, 0.25) is 10.0 Å². The number of likely N-dealkylation sites (tertiary alicyclic amines) is 1. The smallest absolute Gasteiger partial charge is 0.364 e. The Morgan fingerprint density at radius 2 is 1.75 bits per heavy atom. The number of likely N-dealkylation sites (N-methyl/N-ethyl adjacent to an activating group) is 1. The Morgan fingerprint density at radius 3 is 2.39 bits per heavy atom. The molecule has 1 saturated carbocycles. The molecule has 3 aliphatic carbocycles. The van der Waals surface area contributed by atoms with E-state index < -0.39 is 21.8 Å². The first-order chi connectivity index (χ1) is 17.0. The molecule has 2 fully saturated rings. The fraction of sp³-hybridized carbons (Fsp3) is 0.600. The molecule has 196 valence electrons. The number of halogens is 3. The van der Waals surface area contributed by atoms with Crippen molar-refractivity contribution in [1.82, 2.24) is 15.1 Å². The van der Waals surface area contributed by atoms with Gasteiger partial charge < -0.3 is 10.2 Å². The minimum absolute atomic E-state index is 0.128. The van der Waals surface area contributed by atoms with Crippen molar-refractivity contribution in [3.8, 4) is 11.3 Å². The highest BCUT2D eigenvalue weighted by atomic mass is 32.2. The molecule has 1 aromatic carbocycles. The lowest BCUT2D eigenvalue weighted by atomic mass is 9.66. The minimum atomic E-state index is -4.60. The summed E-state index contributed by atoms with van der Waals surface area (Å²) >= 11 is 0. The normalized spacial score (nSPS) is 24.4. The van der Waals surface area contributed by atoms with Gasteiger partial charge in [0.05, 0.1) is 23.2 Å². The minimum Gasteiger partial charge on any atom is -0.364 e. The Hall–Kier alpha value is -2.40. The molecular formula is C25H32F3N5O2S. The maximum absolute atomic E-state index is 13.4. The van der Waals surface area contributed by atoms with Gasteiger partial charge in [-0.1, -0.05) is 13.0 Å². The topological polar surface area (TPSA) is 87.2 Å². The summed E-state index contributed by atoms with van der Waals surface area (Å²) in [5.41, 5.74) is 1.87. The second-order valence-corrected chi connectivity index (χ2v) is 12.0. The number of alkyl halides is 3. The summed E-state index contributed by atoms with van der Waals surface area (Å²) in [5, 5.41) is 12.7. The number of nitrogens with zero attached hydrogens (tertiary/aromatic N) is 3. The lowest BCUT2D eigenvalue weighted by Crippen LogP contribution is -2.42. The van der Waals surface area contributed by atoms with Crippen LogP contribution >= 0.6 is 0 Å².